The van der Waals surface area contributed by atoms with Crippen molar-refractivity contribution in [3.8, 4) is 0 Å². The molecule has 0 aliphatic carbocycles. The van der Waals surface area contributed by atoms with E-state index in [-0.39, 0.29) is 35.5 Å². The number of nitrogens with zero attached hydrogens (tertiary/aromatic N) is 5. The van der Waals surface area contributed by atoms with Crippen molar-refractivity contribution in [1.29, 1.82) is 0 Å². The number of halogens is 1. The number of ether oxygens (including phenoxy) is 6. The molecular formula is C30H42ClN5O11. The second kappa shape index (κ2) is 14.1. The second-order valence-electron chi connectivity index (χ2n) is 13.4. The summed E-state index contributed by atoms with van der Waals surface area (Å²) >= 11 is 6.34. The molecule has 2 amide bonds. The van der Waals surface area contributed by atoms with Gasteiger partial charge >= 0.3 is 24.1 Å². The van der Waals surface area contributed by atoms with Gasteiger partial charge in [-0.05, 0) is 67.0 Å². The number of anilines is 1. The van der Waals surface area contributed by atoms with Crippen LogP contribution in [0, 0.1) is 5.41 Å². The Morgan fingerprint density at radius 1 is 1.02 bits per heavy atom. The molecule has 0 spiro atoms. The fourth-order valence-corrected chi connectivity index (χ4v) is 4.81. The van der Waals surface area contributed by atoms with Crippen molar-refractivity contribution in [2.75, 3.05) is 18.1 Å². The summed E-state index contributed by atoms with van der Waals surface area (Å²) in [4.78, 5) is 76.9. The fraction of sp³-hybridized carbons (Fsp3) is 0.667. The molecule has 2 aromatic heterocycles. The van der Waals surface area contributed by atoms with Gasteiger partial charge in [0, 0.05) is 12.3 Å². The van der Waals surface area contributed by atoms with Crippen LogP contribution in [0.3, 0.4) is 0 Å². The number of aromatic nitrogens is 4. The summed E-state index contributed by atoms with van der Waals surface area (Å²) in [5.74, 6) is -2.36. The minimum absolute atomic E-state index is 0.00442. The van der Waals surface area contributed by atoms with E-state index in [1.54, 1.807) is 62.3 Å². The number of imide groups is 1. The van der Waals surface area contributed by atoms with E-state index in [0.29, 0.717) is 4.90 Å². The van der Waals surface area contributed by atoms with E-state index < -0.39 is 71.1 Å². The Bertz CT molecular complexity index is 1500. The number of esters is 2. The van der Waals surface area contributed by atoms with E-state index in [4.69, 9.17) is 40.0 Å². The molecule has 3 heterocycles. The molecule has 3 rings (SSSR count). The Balaban J connectivity index is 2.12. The predicted molar refractivity (Wildman–Crippen MR) is 166 cm³/mol. The van der Waals surface area contributed by atoms with Gasteiger partial charge in [-0.3, -0.25) is 14.2 Å². The average Bonchev–Trinajstić information content (AvgIpc) is 3.40. The van der Waals surface area contributed by atoms with Crippen molar-refractivity contribution < 1.29 is 52.4 Å². The lowest BCUT2D eigenvalue weighted by Gasteiger charge is -2.31. The molecule has 0 radical (unpaired) electrons. The molecule has 47 heavy (non-hydrogen) atoms. The van der Waals surface area contributed by atoms with Gasteiger partial charge in [0.15, 0.2) is 35.1 Å². The molecule has 16 nitrogen and oxygen atoms in total. The van der Waals surface area contributed by atoms with Gasteiger partial charge in [-0.25, -0.2) is 19.4 Å². The molecule has 4 atom stereocenters. The monoisotopic (exact) mass is 683 g/mol. The molecule has 0 aromatic carbocycles. The smallest absolute Gasteiger partial charge is 0.425 e. The van der Waals surface area contributed by atoms with Crippen molar-refractivity contribution in [3.63, 3.8) is 0 Å². The number of imidazole rings is 1. The van der Waals surface area contributed by atoms with Crippen molar-refractivity contribution in [1.82, 2.24) is 19.5 Å². The Morgan fingerprint density at radius 3 is 2.09 bits per heavy atom. The minimum Gasteiger partial charge on any atom is -0.464 e. The highest BCUT2D eigenvalue weighted by Gasteiger charge is 2.54. The number of carbonyl (C=O) groups excluding carboxylic acids is 5. The number of amides is 2. The molecule has 1 aliphatic rings. The Hall–Kier alpha value is -3.89. The highest BCUT2D eigenvalue weighted by atomic mass is 35.5. The van der Waals surface area contributed by atoms with Gasteiger partial charge in [-0.15, -0.1) is 0 Å². The van der Waals surface area contributed by atoms with Crippen LogP contribution in [0.5, 0.6) is 0 Å². The number of ketones is 1. The van der Waals surface area contributed by atoms with E-state index >= 15 is 0 Å². The van der Waals surface area contributed by atoms with Crippen LogP contribution in [0.25, 0.3) is 11.2 Å². The third-order valence-corrected chi connectivity index (χ3v) is 6.89. The highest BCUT2D eigenvalue weighted by molar-refractivity contribution is 6.29. The summed E-state index contributed by atoms with van der Waals surface area (Å²) in [5, 5.41) is -0.369. The van der Waals surface area contributed by atoms with Gasteiger partial charge in [0.2, 0.25) is 11.4 Å². The van der Waals surface area contributed by atoms with Crippen LogP contribution in [-0.2, 0) is 42.8 Å². The first-order valence-electron chi connectivity index (χ1n) is 14.8. The zero-order chi connectivity index (χ0) is 35.6. The molecule has 1 saturated heterocycles. The minimum atomic E-state index is -1.49. The van der Waals surface area contributed by atoms with Gasteiger partial charge in [0.25, 0.3) is 0 Å². The van der Waals surface area contributed by atoms with Crippen LogP contribution in [0.2, 0.25) is 5.28 Å². The molecule has 1 aliphatic heterocycles. The average molecular weight is 684 g/mol. The number of carbonyl (C=O) groups is 5. The van der Waals surface area contributed by atoms with E-state index in [1.165, 1.54) is 24.7 Å². The first-order chi connectivity index (χ1) is 21.6. The predicted octanol–water partition coefficient (Wildman–Crippen LogP) is 4.55. The van der Waals surface area contributed by atoms with Crippen LogP contribution in [0.4, 0.5) is 15.4 Å². The van der Waals surface area contributed by atoms with Gasteiger partial charge in [-0.2, -0.15) is 14.9 Å². The highest BCUT2D eigenvalue weighted by Crippen LogP contribution is 2.46. The molecule has 260 valence electrons. The van der Waals surface area contributed by atoms with Gasteiger partial charge in [0.05, 0.1) is 25.6 Å². The molecule has 1 fully saturated rings. The maximum Gasteiger partial charge on any atom is 0.425 e. The second-order valence-corrected chi connectivity index (χ2v) is 13.7. The Morgan fingerprint density at radius 2 is 1.60 bits per heavy atom. The number of fused-ring (bicyclic) bond motifs is 1. The number of Topliss-reactive ketones (excluding diaryl/α,β-unsaturated/α-hetero) is 1. The maximum atomic E-state index is 13.4. The molecule has 2 aromatic rings. The lowest BCUT2D eigenvalue weighted by atomic mass is 9.82. The van der Waals surface area contributed by atoms with Crippen molar-refractivity contribution in [3.05, 3.63) is 11.6 Å². The normalized spacial score (nSPS) is 20.0. The molecule has 1 unspecified atom stereocenters. The summed E-state index contributed by atoms with van der Waals surface area (Å²) in [5.41, 5.74) is -3.03. The van der Waals surface area contributed by atoms with Crippen LogP contribution in [0.15, 0.2) is 6.33 Å². The number of hydrogen-bond acceptors (Lipinski definition) is 14. The maximum absolute atomic E-state index is 13.4. The third kappa shape index (κ3) is 8.93. The standard InChI is InChI=1S/C30H42ClN5O11/c1-12-42-24(39)19(15(2)37)43-13-17-30(10,11)20(44-16(3)38)23(45-17)35-14-32-18-21(35)33-25(31)34-22(18)36(26(40)46-28(4,5)6)27(41)47-29(7,8)9/h14,17,19-20,23H,12-13H2,1-11H3/t17-,19?,20+,23-/m1/s1. The summed E-state index contributed by atoms with van der Waals surface area (Å²) in [6, 6.07) is 0. The SMILES string of the molecule is CCOC(=O)C(OC[C@H]1O[C@@H](n2cnc3c(N(C(=O)OC(C)(C)C)C(=O)OC(C)(C)C)nc(Cl)nc32)[C@H](OC(C)=O)C1(C)C)C(C)=O. The van der Waals surface area contributed by atoms with Crippen molar-refractivity contribution >= 4 is 58.5 Å². The number of rotatable bonds is 9. The van der Waals surface area contributed by atoms with Gasteiger partial charge < -0.3 is 28.4 Å². The molecule has 17 heteroatoms. The summed E-state index contributed by atoms with van der Waals surface area (Å²) in [6.07, 6.45) is -5.35. The van der Waals surface area contributed by atoms with Crippen molar-refractivity contribution in [2.24, 2.45) is 5.41 Å². The fourth-order valence-electron chi connectivity index (χ4n) is 4.65. The van der Waals surface area contributed by atoms with Crippen LogP contribution in [0.1, 0.15) is 82.4 Å². The molecule has 0 N–H and O–H groups in total. The quantitative estimate of drug-likeness (QED) is 0.155. The summed E-state index contributed by atoms with van der Waals surface area (Å²) in [6.45, 7) is 17.0. The number of hydrogen-bond donors (Lipinski definition) is 0. The Labute approximate surface area is 277 Å². The lowest BCUT2D eigenvalue weighted by Crippen LogP contribution is -2.44. The topological polar surface area (TPSA) is 188 Å². The molecule has 0 bridgehead atoms. The van der Waals surface area contributed by atoms with E-state index in [9.17, 15) is 24.0 Å². The zero-order valence-electron chi connectivity index (χ0n) is 28.4. The third-order valence-electron chi connectivity index (χ3n) is 6.72. The molecule has 0 saturated carbocycles. The largest absolute Gasteiger partial charge is 0.464 e. The first-order valence-corrected chi connectivity index (χ1v) is 15.2. The first kappa shape index (κ1) is 37.6. The van der Waals surface area contributed by atoms with Crippen LogP contribution in [-0.4, -0.2) is 92.2 Å². The van der Waals surface area contributed by atoms with E-state index in [0.717, 1.165) is 0 Å². The van der Waals surface area contributed by atoms with Crippen LogP contribution < -0.4 is 4.90 Å². The van der Waals surface area contributed by atoms with E-state index in [1.807, 2.05) is 0 Å². The van der Waals surface area contributed by atoms with Crippen LogP contribution >= 0.6 is 11.6 Å². The summed E-state index contributed by atoms with van der Waals surface area (Å²) in [7, 11) is 0. The molecular weight excluding hydrogens is 642 g/mol. The Kier molecular flexibility index (Phi) is 11.2. The lowest BCUT2D eigenvalue weighted by molar-refractivity contribution is -0.165. The van der Waals surface area contributed by atoms with Crippen molar-refractivity contribution in [2.45, 2.75) is 112 Å². The van der Waals surface area contributed by atoms with Gasteiger partial charge in [-0.1, -0.05) is 13.8 Å². The van der Waals surface area contributed by atoms with E-state index in [2.05, 4.69) is 15.0 Å². The summed E-state index contributed by atoms with van der Waals surface area (Å²) < 4.78 is 35.0. The van der Waals surface area contributed by atoms with Gasteiger partial charge in [0.1, 0.15) is 11.2 Å². The zero-order valence-corrected chi connectivity index (χ0v) is 29.2.